The van der Waals surface area contributed by atoms with Gasteiger partial charge in [0.15, 0.2) is 0 Å². The van der Waals surface area contributed by atoms with E-state index in [9.17, 15) is 0 Å². The van der Waals surface area contributed by atoms with E-state index >= 15 is 0 Å². The van der Waals surface area contributed by atoms with Gasteiger partial charge in [0.05, 0.1) is 6.07 Å². The van der Waals surface area contributed by atoms with Crippen LogP contribution in [-0.2, 0) is 0 Å². The third-order valence-electron chi connectivity index (χ3n) is 3.49. The van der Waals surface area contributed by atoms with Crippen molar-refractivity contribution in [3.63, 3.8) is 0 Å². The van der Waals surface area contributed by atoms with Crippen molar-refractivity contribution in [2.75, 3.05) is 37.6 Å². The highest BCUT2D eigenvalue weighted by Crippen LogP contribution is 2.27. The van der Waals surface area contributed by atoms with E-state index in [0.717, 1.165) is 43.3 Å². The summed E-state index contributed by atoms with van der Waals surface area (Å²) in [6.07, 6.45) is 0.621. The average Bonchev–Trinajstić information content (AvgIpc) is 2.40. The Hall–Kier alpha value is -1.24. The Kier molecular flexibility index (Phi) is 4.46. The fraction of sp³-hybridized carbons (Fsp3) is 0.500. The van der Waals surface area contributed by atoms with Gasteiger partial charge in [-0.1, -0.05) is 17.7 Å². The summed E-state index contributed by atoms with van der Waals surface area (Å²) >= 11 is 6.16. The topological polar surface area (TPSA) is 30.3 Å². The molecule has 3 nitrogen and oxygen atoms in total. The Morgan fingerprint density at radius 2 is 2.00 bits per heavy atom. The van der Waals surface area contributed by atoms with Crippen LogP contribution in [0.3, 0.4) is 0 Å². The van der Waals surface area contributed by atoms with Crippen LogP contribution in [0.15, 0.2) is 18.2 Å². The van der Waals surface area contributed by atoms with Crippen molar-refractivity contribution in [2.45, 2.75) is 13.3 Å². The first kappa shape index (κ1) is 13.2. The number of anilines is 1. The van der Waals surface area contributed by atoms with Crippen LogP contribution in [0.2, 0.25) is 5.02 Å². The van der Waals surface area contributed by atoms with Crippen molar-refractivity contribution in [3.8, 4) is 6.07 Å². The molecule has 0 radical (unpaired) electrons. The van der Waals surface area contributed by atoms with Crippen LogP contribution in [0.4, 0.5) is 5.69 Å². The number of piperazine rings is 1. The lowest BCUT2D eigenvalue weighted by atomic mass is 10.1. The van der Waals surface area contributed by atoms with Crippen LogP contribution in [-0.4, -0.2) is 37.6 Å². The van der Waals surface area contributed by atoms with Crippen molar-refractivity contribution >= 4 is 17.3 Å². The van der Waals surface area contributed by atoms with Crippen molar-refractivity contribution in [3.05, 3.63) is 28.8 Å². The van der Waals surface area contributed by atoms with E-state index in [-0.39, 0.29) is 0 Å². The minimum absolute atomic E-state index is 0.621. The van der Waals surface area contributed by atoms with Gasteiger partial charge in [0.25, 0.3) is 0 Å². The summed E-state index contributed by atoms with van der Waals surface area (Å²) < 4.78 is 0. The Morgan fingerprint density at radius 3 is 2.67 bits per heavy atom. The van der Waals surface area contributed by atoms with Crippen molar-refractivity contribution in [1.82, 2.24) is 4.90 Å². The Labute approximate surface area is 114 Å². The molecule has 0 bridgehead atoms. The zero-order chi connectivity index (χ0) is 13.0. The molecular weight excluding hydrogens is 246 g/mol. The zero-order valence-corrected chi connectivity index (χ0v) is 11.5. The smallest absolute Gasteiger partial charge is 0.0635 e. The predicted molar refractivity (Wildman–Crippen MR) is 75.1 cm³/mol. The summed E-state index contributed by atoms with van der Waals surface area (Å²) in [5, 5.41) is 9.42. The van der Waals surface area contributed by atoms with Crippen molar-refractivity contribution in [1.29, 1.82) is 5.26 Å². The monoisotopic (exact) mass is 263 g/mol. The Bertz CT molecular complexity index is 445. The maximum absolute atomic E-state index is 8.59. The average molecular weight is 264 g/mol. The molecule has 0 saturated carbocycles. The molecule has 4 heteroatoms. The predicted octanol–water partition coefficient (Wildman–Crippen LogP) is 2.68. The molecule has 0 aromatic heterocycles. The van der Waals surface area contributed by atoms with Gasteiger partial charge in [-0.2, -0.15) is 5.26 Å². The maximum Gasteiger partial charge on any atom is 0.0635 e. The lowest BCUT2D eigenvalue weighted by Crippen LogP contribution is -2.46. The summed E-state index contributed by atoms with van der Waals surface area (Å²) in [5.41, 5.74) is 2.40. The Morgan fingerprint density at radius 1 is 1.28 bits per heavy atom. The van der Waals surface area contributed by atoms with Gasteiger partial charge in [-0.3, -0.25) is 4.90 Å². The molecule has 0 N–H and O–H groups in total. The Balaban J connectivity index is 1.97. The second kappa shape index (κ2) is 6.08. The molecule has 0 unspecified atom stereocenters. The largest absolute Gasteiger partial charge is 0.369 e. The van der Waals surface area contributed by atoms with Gasteiger partial charge in [-0.25, -0.2) is 0 Å². The summed E-state index contributed by atoms with van der Waals surface area (Å²) in [5.74, 6) is 0. The van der Waals surface area contributed by atoms with Crippen LogP contribution in [0.1, 0.15) is 12.0 Å². The lowest BCUT2D eigenvalue weighted by molar-refractivity contribution is 0.263. The quantitative estimate of drug-likeness (QED) is 0.840. The van der Waals surface area contributed by atoms with Crippen LogP contribution < -0.4 is 4.90 Å². The number of hydrogen-bond donors (Lipinski definition) is 0. The molecule has 1 heterocycles. The normalized spacial score (nSPS) is 16.6. The number of nitriles is 1. The summed E-state index contributed by atoms with van der Waals surface area (Å²) in [6, 6.07) is 8.27. The molecule has 1 aromatic rings. The van der Waals surface area contributed by atoms with Gasteiger partial charge < -0.3 is 4.90 Å². The van der Waals surface area contributed by atoms with Gasteiger partial charge >= 0.3 is 0 Å². The minimum atomic E-state index is 0.621. The number of nitrogens with zero attached hydrogens (tertiary/aromatic N) is 3. The fourth-order valence-electron chi connectivity index (χ4n) is 2.36. The van der Waals surface area contributed by atoms with Gasteiger partial charge in [0.1, 0.15) is 0 Å². The van der Waals surface area contributed by atoms with E-state index in [4.69, 9.17) is 16.9 Å². The van der Waals surface area contributed by atoms with Crippen molar-refractivity contribution < 1.29 is 0 Å². The highest BCUT2D eigenvalue weighted by molar-refractivity contribution is 6.31. The molecule has 0 spiro atoms. The van der Waals surface area contributed by atoms with Crippen LogP contribution in [0.5, 0.6) is 0 Å². The molecular formula is C14H18ClN3. The molecule has 0 atom stereocenters. The minimum Gasteiger partial charge on any atom is -0.369 e. The van der Waals surface area contributed by atoms with Crippen LogP contribution >= 0.6 is 11.6 Å². The molecule has 1 saturated heterocycles. The third-order valence-corrected chi connectivity index (χ3v) is 3.90. The van der Waals surface area contributed by atoms with Gasteiger partial charge in [-0.15, -0.1) is 0 Å². The van der Waals surface area contributed by atoms with E-state index < -0.39 is 0 Å². The number of benzene rings is 1. The molecule has 0 aliphatic carbocycles. The SMILES string of the molecule is Cc1c(Cl)cccc1N1CCN(CCC#N)CC1. The summed E-state index contributed by atoms with van der Waals surface area (Å²) in [6.45, 7) is 7.01. The highest BCUT2D eigenvalue weighted by atomic mass is 35.5. The van der Waals surface area contributed by atoms with E-state index in [2.05, 4.69) is 28.9 Å². The molecule has 1 aliphatic heterocycles. The summed E-state index contributed by atoms with van der Waals surface area (Å²) in [4.78, 5) is 4.73. The zero-order valence-electron chi connectivity index (χ0n) is 10.7. The number of rotatable bonds is 3. The van der Waals surface area contributed by atoms with E-state index in [1.165, 1.54) is 5.69 Å². The molecule has 1 aromatic carbocycles. The molecule has 18 heavy (non-hydrogen) atoms. The second-order valence-corrected chi connectivity index (χ2v) is 5.03. The highest BCUT2D eigenvalue weighted by Gasteiger charge is 2.18. The summed E-state index contributed by atoms with van der Waals surface area (Å²) in [7, 11) is 0. The van der Waals surface area contributed by atoms with Crippen LogP contribution in [0, 0.1) is 18.3 Å². The van der Waals surface area contributed by atoms with Gasteiger partial charge in [-0.05, 0) is 24.6 Å². The van der Waals surface area contributed by atoms with Crippen LogP contribution in [0.25, 0.3) is 0 Å². The van der Waals surface area contributed by atoms with Crippen molar-refractivity contribution in [2.24, 2.45) is 0 Å². The fourth-order valence-corrected chi connectivity index (χ4v) is 2.53. The first-order chi connectivity index (χ1) is 8.72. The lowest BCUT2D eigenvalue weighted by Gasteiger charge is -2.36. The first-order valence-electron chi connectivity index (χ1n) is 6.31. The molecule has 1 fully saturated rings. The molecule has 0 amide bonds. The standard InChI is InChI=1S/C14H18ClN3/c1-12-13(15)4-2-5-14(12)18-10-8-17(9-11-18)7-3-6-16/h2,4-5H,3,7-11H2,1H3. The molecule has 96 valence electrons. The van der Waals surface area contributed by atoms with E-state index in [1.807, 2.05) is 12.1 Å². The number of hydrogen-bond acceptors (Lipinski definition) is 3. The van der Waals surface area contributed by atoms with E-state index in [1.54, 1.807) is 0 Å². The second-order valence-electron chi connectivity index (χ2n) is 4.62. The van der Waals surface area contributed by atoms with Gasteiger partial charge in [0.2, 0.25) is 0 Å². The van der Waals surface area contributed by atoms with E-state index in [0.29, 0.717) is 6.42 Å². The third kappa shape index (κ3) is 2.95. The first-order valence-corrected chi connectivity index (χ1v) is 6.69. The number of halogens is 1. The molecule has 1 aliphatic rings. The molecule has 2 rings (SSSR count). The maximum atomic E-state index is 8.59. The van der Waals surface area contributed by atoms with Gasteiger partial charge in [0, 0.05) is 49.9 Å².